The van der Waals surface area contributed by atoms with Gasteiger partial charge in [-0.3, -0.25) is 4.79 Å². The molecule has 1 aromatic rings. The van der Waals surface area contributed by atoms with E-state index in [1.807, 2.05) is 6.08 Å². The molecule has 1 rings (SSSR count). The highest BCUT2D eigenvalue weighted by molar-refractivity contribution is 5.66. The van der Waals surface area contributed by atoms with E-state index in [1.54, 1.807) is 0 Å². The smallest absolute Gasteiger partial charge is 0.303 e. The van der Waals surface area contributed by atoms with Crippen molar-refractivity contribution in [3.05, 3.63) is 42.0 Å². The minimum atomic E-state index is -0.699. The van der Waals surface area contributed by atoms with E-state index in [0.29, 0.717) is 0 Å². The molecule has 0 aliphatic carbocycles. The maximum Gasteiger partial charge on any atom is 0.303 e. The number of hydrogen-bond donors (Lipinski definition) is 1. The first-order valence-corrected chi connectivity index (χ1v) is 5.65. The maximum absolute atomic E-state index is 10.3. The van der Waals surface area contributed by atoms with E-state index >= 15 is 0 Å². The molecule has 0 radical (unpaired) electrons. The Hall–Kier alpha value is -1.57. The van der Waals surface area contributed by atoms with E-state index in [1.165, 1.54) is 5.56 Å². The van der Waals surface area contributed by atoms with Gasteiger partial charge in [-0.1, -0.05) is 43.3 Å². The van der Waals surface area contributed by atoms with Crippen molar-refractivity contribution in [1.29, 1.82) is 0 Å². The van der Waals surface area contributed by atoms with Gasteiger partial charge in [-0.15, -0.1) is 0 Å². The van der Waals surface area contributed by atoms with E-state index in [0.717, 1.165) is 31.2 Å². The van der Waals surface area contributed by atoms with Crippen molar-refractivity contribution < 1.29 is 9.90 Å². The lowest BCUT2D eigenvalue weighted by atomic mass is 10.0. The number of carbonyl (C=O) groups is 1. The monoisotopic (exact) mass is 218 g/mol. The number of unbranched alkanes of at least 4 members (excludes halogenated alkanes) is 2. The van der Waals surface area contributed by atoms with Crippen molar-refractivity contribution in [1.82, 2.24) is 0 Å². The van der Waals surface area contributed by atoms with E-state index in [-0.39, 0.29) is 6.42 Å². The molecule has 1 aromatic carbocycles. The Morgan fingerprint density at radius 1 is 1.19 bits per heavy atom. The Morgan fingerprint density at radius 3 is 2.44 bits per heavy atom. The molecule has 0 saturated carbocycles. The van der Waals surface area contributed by atoms with Crippen LogP contribution in [0.3, 0.4) is 0 Å². The van der Waals surface area contributed by atoms with Crippen molar-refractivity contribution in [3.63, 3.8) is 0 Å². The molecule has 0 aromatic heterocycles. The molecular formula is C14H18O2. The molecular weight excluding hydrogens is 200 g/mol. The van der Waals surface area contributed by atoms with Crippen LogP contribution < -0.4 is 0 Å². The number of benzene rings is 1. The van der Waals surface area contributed by atoms with Gasteiger partial charge in [-0.05, 0) is 30.4 Å². The van der Waals surface area contributed by atoms with Crippen LogP contribution in [-0.2, 0) is 11.2 Å². The van der Waals surface area contributed by atoms with Crippen molar-refractivity contribution in [3.8, 4) is 0 Å². The second-order valence-corrected chi connectivity index (χ2v) is 3.90. The van der Waals surface area contributed by atoms with Crippen LogP contribution in [0, 0.1) is 0 Å². The lowest BCUT2D eigenvalue weighted by Crippen LogP contribution is -1.94. The summed E-state index contributed by atoms with van der Waals surface area (Å²) in [6.07, 6.45) is 5.96. The lowest BCUT2D eigenvalue weighted by molar-refractivity contribution is -0.137. The fourth-order valence-electron chi connectivity index (χ4n) is 1.60. The van der Waals surface area contributed by atoms with Crippen molar-refractivity contribution in [2.75, 3.05) is 0 Å². The minimum Gasteiger partial charge on any atom is -0.481 e. The van der Waals surface area contributed by atoms with Gasteiger partial charge < -0.3 is 5.11 Å². The first-order valence-electron chi connectivity index (χ1n) is 5.65. The summed E-state index contributed by atoms with van der Waals surface area (Å²) >= 11 is 0. The highest BCUT2D eigenvalue weighted by atomic mass is 16.4. The van der Waals surface area contributed by atoms with Gasteiger partial charge in [-0.25, -0.2) is 0 Å². The topological polar surface area (TPSA) is 37.3 Å². The first-order chi connectivity index (χ1) is 7.72. The minimum absolute atomic E-state index is 0.287. The van der Waals surface area contributed by atoms with Crippen molar-refractivity contribution >= 4 is 12.0 Å². The molecule has 0 spiro atoms. The second-order valence-electron chi connectivity index (χ2n) is 3.90. The molecule has 0 amide bonds. The van der Waals surface area contributed by atoms with Crippen LogP contribution in [0.1, 0.15) is 36.8 Å². The summed E-state index contributed by atoms with van der Waals surface area (Å²) in [5.74, 6) is -0.699. The predicted molar refractivity (Wildman–Crippen MR) is 66.3 cm³/mol. The summed E-state index contributed by atoms with van der Waals surface area (Å²) in [5.41, 5.74) is 2.44. The van der Waals surface area contributed by atoms with Crippen LogP contribution in [0.15, 0.2) is 30.8 Å². The van der Waals surface area contributed by atoms with E-state index in [9.17, 15) is 4.79 Å². The molecule has 0 aliphatic heterocycles. The molecule has 2 heteroatoms. The van der Waals surface area contributed by atoms with Gasteiger partial charge in [0, 0.05) is 6.42 Å². The first kappa shape index (κ1) is 12.5. The number of carboxylic acid groups (broad SMARTS) is 1. The molecule has 0 bridgehead atoms. The van der Waals surface area contributed by atoms with Crippen molar-refractivity contribution in [2.45, 2.75) is 32.1 Å². The normalized spacial score (nSPS) is 10.0. The Balaban J connectivity index is 2.21. The molecule has 0 atom stereocenters. The Labute approximate surface area is 96.6 Å². The molecule has 0 saturated heterocycles. The third-order valence-electron chi connectivity index (χ3n) is 2.57. The second kappa shape index (κ2) is 6.83. The van der Waals surface area contributed by atoms with Crippen LogP contribution in [0.5, 0.6) is 0 Å². The highest BCUT2D eigenvalue weighted by Gasteiger charge is 1.97. The SMILES string of the molecule is C=Cc1ccc(CCCCCC(=O)O)cc1. The summed E-state index contributed by atoms with van der Waals surface area (Å²) in [5, 5.41) is 8.48. The zero-order valence-electron chi connectivity index (χ0n) is 9.48. The Bertz CT molecular complexity index is 338. The van der Waals surface area contributed by atoms with Gasteiger partial charge in [0.15, 0.2) is 0 Å². The van der Waals surface area contributed by atoms with Crippen LogP contribution in [-0.4, -0.2) is 11.1 Å². The van der Waals surface area contributed by atoms with Crippen molar-refractivity contribution in [2.24, 2.45) is 0 Å². The third-order valence-corrected chi connectivity index (χ3v) is 2.57. The van der Waals surface area contributed by atoms with Gasteiger partial charge in [0.05, 0.1) is 0 Å². The Morgan fingerprint density at radius 2 is 1.88 bits per heavy atom. The summed E-state index contributed by atoms with van der Waals surface area (Å²) in [6, 6.07) is 8.32. The van der Waals surface area contributed by atoms with Gasteiger partial charge in [0.1, 0.15) is 0 Å². The number of aryl methyl sites for hydroxylation is 1. The average molecular weight is 218 g/mol. The van der Waals surface area contributed by atoms with Crippen LogP contribution in [0.2, 0.25) is 0 Å². The quantitative estimate of drug-likeness (QED) is 0.711. The maximum atomic E-state index is 10.3. The summed E-state index contributed by atoms with van der Waals surface area (Å²) in [7, 11) is 0. The van der Waals surface area contributed by atoms with Gasteiger partial charge in [0.2, 0.25) is 0 Å². The molecule has 0 aliphatic rings. The van der Waals surface area contributed by atoms with Gasteiger partial charge in [0.25, 0.3) is 0 Å². The van der Waals surface area contributed by atoms with Gasteiger partial charge in [-0.2, -0.15) is 0 Å². The molecule has 0 heterocycles. The number of aliphatic carboxylic acids is 1. The molecule has 0 unspecified atom stereocenters. The summed E-state index contributed by atoms with van der Waals surface area (Å²) in [6.45, 7) is 3.71. The van der Waals surface area contributed by atoms with Crippen LogP contribution >= 0.6 is 0 Å². The largest absolute Gasteiger partial charge is 0.481 e. The zero-order valence-corrected chi connectivity index (χ0v) is 9.48. The standard InChI is InChI=1S/C14H18O2/c1-2-12-8-10-13(11-9-12)6-4-3-5-7-14(15)16/h2,8-11H,1,3-7H2,(H,15,16). The van der Waals surface area contributed by atoms with E-state index in [2.05, 4.69) is 30.8 Å². The molecule has 1 N–H and O–H groups in total. The zero-order chi connectivity index (χ0) is 11.8. The number of rotatable bonds is 7. The van der Waals surface area contributed by atoms with E-state index < -0.39 is 5.97 Å². The van der Waals surface area contributed by atoms with Crippen LogP contribution in [0.25, 0.3) is 6.08 Å². The summed E-state index contributed by atoms with van der Waals surface area (Å²) in [4.78, 5) is 10.3. The number of hydrogen-bond acceptors (Lipinski definition) is 1. The van der Waals surface area contributed by atoms with E-state index in [4.69, 9.17) is 5.11 Å². The molecule has 86 valence electrons. The fourth-order valence-corrected chi connectivity index (χ4v) is 1.60. The summed E-state index contributed by atoms with van der Waals surface area (Å²) < 4.78 is 0. The molecule has 0 fully saturated rings. The third kappa shape index (κ3) is 4.78. The molecule has 2 nitrogen and oxygen atoms in total. The predicted octanol–water partition coefficient (Wildman–Crippen LogP) is 3.52. The average Bonchev–Trinajstić information content (AvgIpc) is 2.29. The van der Waals surface area contributed by atoms with Crippen LogP contribution in [0.4, 0.5) is 0 Å². The number of carboxylic acids is 1. The molecule has 16 heavy (non-hydrogen) atoms. The highest BCUT2D eigenvalue weighted by Crippen LogP contribution is 2.10. The lowest BCUT2D eigenvalue weighted by Gasteiger charge is -2.01. The van der Waals surface area contributed by atoms with Gasteiger partial charge >= 0.3 is 5.97 Å². The Kier molecular flexibility index (Phi) is 5.34. The fraction of sp³-hybridized carbons (Fsp3) is 0.357.